The third-order valence-electron chi connectivity index (χ3n) is 5.67. The molecule has 0 unspecified atom stereocenters. The van der Waals surface area contributed by atoms with Gasteiger partial charge < -0.3 is 5.32 Å². The van der Waals surface area contributed by atoms with Crippen LogP contribution in [0.4, 0.5) is 5.69 Å². The van der Waals surface area contributed by atoms with E-state index in [1.807, 2.05) is 73.7 Å². The van der Waals surface area contributed by atoms with Crippen LogP contribution in [0.5, 0.6) is 0 Å². The number of carbonyl (C=O) groups is 2. The molecule has 3 aromatic rings. The van der Waals surface area contributed by atoms with Crippen LogP contribution < -0.4 is 10.2 Å². The van der Waals surface area contributed by atoms with Crippen LogP contribution in [0, 0.1) is 18.3 Å². The molecule has 7 heteroatoms. The summed E-state index contributed by atoms with van der Waals surface area (Å²) in [7, 11) is 0. The molecule has 5 nitrogen and oxygen atoms in total. The molecule has 0 radical (unpaired) electrons. The van der Waals surface area contributed by atoms with E-state index in [-0.39, 0.29) is 11.5 Å². The Hall–Kier alpha value is -3.53. The maximum absolute atomic E-state index is 13.5. The van der Waals surface area contributed by atoms with E-state index in [1.54, 1.807) is 12.1 Å². The second kappa shape index (κ2) is 11.3. The Bertz CT molecular complexity index is 1280. The Morgan fingerprint density at radius 3 is 2.37 bits per heavy atom. The first-order valence-electron chi connectivity index (χ1n) is 11.2. The first-order valence-corrected chi connectivity index (χ1v) is 12.5. The molecule has 0 saturated carbocycles. The van der Waals surface area contributed by atoms with Gasteiger partial charge in [0, 0.05) is 17.3 Å². The molecule has 1 atom stereocenters. The largest absolute Gasteiger partial charge is 0.351 e. The minimum atomic E-state index is -0.483. The molecule has 0 bridgehead atoms. The number of nitrogens with zero attached hydrogens (tertiary/aromatic N) is 2. The summed E-state index contributed by atoms with van der Waals surface area (Å²) in [6.45, 7) is 2.35. The van der Waals surface area contributed by atoms with Gasteiger partial charge in [0.25, 0.3) is 5.91 Å². The van der Waals surface area contributed by atoms with E-state index in [1.165, 1.54) is 16.7 Å². The van der Waals surface area contributed by atoms with Crippen LogP contribution in [-0.2, 0) is 22.4 Å². The Labute approximate surface area is 214 Å². The molecule has 4 rings (SSSR count). The molecule has 1 heterocycles. The van der Waals surface area contributed by atoms with Gasteiger partial charge in [0.05, 0.1) is 5.25 Å². The lowest BCUT2D eigenvalue weighted by atomic mass is 10.1. The van der Waals surface area contributed by atoms with Gasteiger partial charge in [0.1, 0.15) is 16.7 Å². The zero-order valence-electron chi connectivity index (χ0n) is 19.2. The van der Waals surface area contributed by atoms with Crippen molar-refractivity contribution in [3.8, 4) is 6.07 Å². The number of rotatable bonds is 7. The standard InChI is InChI=1S/C28H24ClN3O2S/c1-19-7-13-23(14-8-19)32-27(34)25(17-21-9-11-22(29)12-10-21)35-28(32)24(18-30)26(33)31-16-15-20-5-3-2-4-6-20/h2-14,25H,15-17H2,1H3,(H,31,33)/b28-24-/t25-/m1/s1. The van der Waals surface area contributed by atoms with E-state index in [0.717, 1.165) is 16.7 Å². The van der Waals surface area contributed by atoms with E-state index in [9.17, 15) is 14.9 Å². The maximum atomic E-state index is 13.5. The summed E-state index contributed by atoms with van der Waals surface area (Å²) in [6, 6.07) is 26.7. The minimum Gasteiger partial charge on any atom is -0.351 e. The number of nitrogens with one attached hydrogen (secondary N) is 1. The van der Waals surface area contributed by atoms with Crippen molar-refractivity contribution in [1.82, 2.24) is 5.32 Å². The van der Waals surface area contributed by atoms with Gasteiger partial charge in [-0.05, 0) is 55.2 Å². The topological polar surface area (TPSA) is 73.2 Å². The number of aryl methyl sites for hydroxylation is 1. The first kappa shape index (κ1) is 24.6. The predicted molar refractivity (Wildman–Crippen MR) is 141 cm³/mol. The maximum Gasteiger partial charge on any atom is 0.264 e. The number of carbonyl (C=O) groups excluding carboxylic acids is 2. The summed E-state index contributed by atoms with van der Waals surface area (Å²) in [6.07, 6.45) is 1.11. The fraction of sp³-hybridized carbons (Fsp3) is 0.179. The molecule has 1 aliphatic heterocycles. The number of thioether (sulfide) groups is 1. The van der Waals surface area contributed by atoms with Crippen LogP contribution in [-0.4, -0.2) is 23.6 Å². The quantitative estimate of drug-likeness (QED) is 0.346. The van der Waals surface area contributed by atoms with E-state index in [0.29, 0.717) is 35.1 Å². The Balaban J connectivity index is 1.61. The van der Waals surface area contributed by atoms with Crippen LogP contribution in [0.2, 0.25) is 5.02 Å². The van der Waals surface area contributed by atoms with Gasteiger partial charge in [0.15, 0.2) is 0 Å². The summed E-state index contributed by atoms with van der Waals surface area (Å²) >= 11 is 7.26. The normalized spacial score (nSPS) is 16.7. The number of anilines is 1. The van der Waals surface area contributed by atoms with Crippen molar-refractivity contribution in [3.05, 3.63) is 111 Å². The highest BCUT2D eigenvalue weighted by atomic mass is 35.5. The molecule has 2 amide bonds. The van der Waals surface area contributed by atoms with Gasteiger partial charge >= 0.3 is 0 Å². The second-order valence-electron chi connectivity index (χ2n) is 8.23. The number of amides is 2. The molecular weight excluding hydrogens is 478 g/mol. The smallest absolute Gasteiger partial charge is 0.264 e. The van der Waals surface area contributed by atoms with Crippen molar-refractivity contribution in [2.75, 3.05) is 11.4 Å². The molecular formula is C28H24ClN3O2S. The van der Waals surface area contributed by atoms with Crippen molar-refractivity contribution in [1.29, 1.82) is 5.26 Å². The minimum absolute atomic E-state index is 0.0596. The number of nitriles is 1. The van der Waals surface area contributed by atoms with Crippen LogP contribution >= 0.6 is 23.4 Å². The van der Waals surface area contributed by atoms with Gasteiger partial charge in [-0.25, -0.2) is 0 Å². The summed E-state index contributed by atoms with van der Waals surface area (Å²) < 4.78 is 0. The molecule has 0 aliphatic carbocycles. The molecule has 1 N–H and O–H groups in total. The molecule has 0 spiro atoms. The molecule has 176 valence electrons. The monoisotopic (exact) mass is 501 g/mol. The van der Waals surface area contributed by atoms with Crippen molar-refractivity contribution in [2.45, 2.75) is 25.0 Å². The predicted octanol–water partition coefficient (Wildman–Crippen LogP) is 5.43. The summed E-state index contributed by atoms with van der Waals surface area (Å²) in [5, 5.41) is 13.3. The van der Waals surface area contributed by atoms with Crippen molar-refractivity contribution in [2.24, 2.45) is 0 Å². The van der Waals surface area contributed by atoms with Crippen LogP contribution in [0.25, 0.3) is 0 Å². The zero-order valence-corrected chi connectivity index (χ0v) is 20.8. The van der Waals surface area contributed by atoms with Gasteiger partial charge in [-0.3, -0.25) is 14.5 Å². The average molecular weight is 502 g/mol. The molecule has 1 fully saturated rings. The highest BCUT2D eigenvalue weighted by molar-refractivity contribution is 8.05. The van der Waals surface area contributed by atoms with Crippen LogP contribution in [0.3, 0.4) is 0 Å². The number of hydrogen-bond acceptors (Lipinski definition) is 4. The molecule has 1 saturated heterocycles. The SMILES string of the molecule is Cc1ccc(N2C(=O)[C@@H](Cc3ccc(Cl)cc3)S/C2=C(/C#N)C(=O)NCCc2ccccc2)cc1. The highest BCUT2D eigenvalue weighted by Crippen LogP contribution is 2.42. The van der Waals surface area contributed by atoms with E-state index in [2.05, 4.69) is 11.4 Å². The van der Waals surface area contributed by atoms with Crippen LogP contribution in [0.1, 0.15) is 16.7 Å². The van der Waals surface area contributed by atoms with Crippen molar-refractivity contribution < 1.29 is 9.59 Å². The molecule has 0 aromatic heterocycles. The Morgan fingerprint density at radius 1 is 1.03 bits per heavy atom. The second-order valence-corrected chi connectivity index (χ2v) is 9.86. The average Bonchev–Trinajstić information content (AvgIpc) is 3.17. The van der Waals surface area contributed by atoms with Crippen LogP contribution in [0.15, 0.2) is 89.5 Å². The molecule has 1 aliphatic rings. The molecule has 35 heavy (non-hydrogen) atoms. The zero-order chi connectivity index (χ0) is 24.8. The Kier molecular flexibility index (Phi) is 7.91. The molecule has 3 aromatic carbocycles. The number of halogens is 1. The third-order valence-corrected chi connectivity index (χ3v) is 7.19. The third kappa shape index (κ3) is 5.94. The van der Waals surface area contributed by atoms with Gasteiger partial charge in [-0.2, -0.15) is 5.26 Å². The summed E-state index contributed by atoms with van der Waals surface area (Å²) in [4.78, 5) is 28.1. The lowest BCUT2D eigenvalue weighted by Gasteiger charge is -2.19. The van der Waals surface area contributed by atoms with Gasteiger partial charge in [-0.1, -0.05) is 83.5 Å². The Morgan fingerprint density at radius 2 is 1.71 bits per heavy atom. The van der Waals surface area contributed by atoms with Gasteiger partial charge in [0.2, 0.25) is 5.91 Å². The van der Waals surface area contributed by atoms with Crippen molar-refractivity contribution in [3.63, 3.8) is 0 Å². The summed E-state index contributed by atoms with van der Waals surface area (Å²) in [5.41, 5.74) is 3.67. The lowest BCUT2D eigenvalue weighted by molar-refractivity contribution is -0.117. The lowest BCUT2D eigenvalue weighted by Crippen LogP contribution is -2.32. The summed E-state index contributed by atoms with van der Waals surface area (Å²) in [5.74, 6) is -0.642. The van der Waals surface area contributed by atoms with E-state index in [4.69, 9.17) is 11.6 Å². The first-order chi connectivity index (χ1) is 17.0. The number of benzene rings is 3. The fourth-order valence-electron chi connectivity index (χ4n) is 3.80. The fourth-order valence-corrected chi connectivity index (χ4v) is 5.24. The van der Waals surface area contributed by atoms with Gasteiger partial charge in [-0.15, -0.1) is 0 Å². The highest BCUT2D eigenvalue weighted by Gasteiger charge is 2.40. The van der Waals surface area contributed by atoms with E-state index >= 15 is 0 Å². The van der Waals surface area contributed by atoms with E-state index < -0.39 is 11.2 Å². The van der Waals surface area contributed by atoms with Crippen molar-refractivity contribution >= 4 is 40.9 Å². The number of hydrogen-bond donors (Lipinski definition) is 1.